The van der Waals surface area contributed by atoms with Gasteiger partial charge in [-0.05, 0) is 17.7 Å². The quantitative estimate of drug-likeness (QED) is 0.794. The lowest BCUT2D eigenvalue weighted by Crippen LogP contribution is -2.22. The lowest BCUT2D eigenvalue weighted by molar-refractivity contribution is -0.120. The molecular weight excluding hydrogens is 221 g/mol. The summed E-state index contributed by atoms with van der Waals surface area (Å²) in [6.45, 7) is 0.496. The van der Waals surface area contributed by atoms with Gasteiger partial charge in [-0.3, -0.25) is 4.79 Å². The van der Waals surface area contributed by atoms with E-state index in [-0.39, 0.29) is 5.91 Å². The van der Waals surface area contributed by atoms with Crippen LogP contribution in [0.15, 0.2) is 24.3 Å². The van der Waals surface area contributed by atoms with Crippen molar-refractivity contribution < 1.29 is 4.79 Å². The number of rotatable bonds is 4. The second-order valence-corrected chi connectivity index (χ2v) is 3.66. The van der Waals surface area contributed by atoms with Crippen LogP contribution >= 0.6 is 23.2 Å². The minimum Gasteiger partial charge on any atom is -0.352 e. The molecule has 1 N–H and O–H groups in total. The molecule has 0 spiro atoms. The van der Waals surface area contributed by atoms with Crippen molar-refractivity contribution in [3.8, 4) is 0 Å². The SMILES string of the molecule is O=C(CCCl)NCc1cccc(Cl)c1. The summed E-state index contributed by atoms with van der Waals surface area (Å²) in [7, 11) is 0. The monoisotopic (exact) mass is 231 g/mol. The van der Waals surface area contributed by atoms with Gasteiger partial charge in [-0.2, -0.15) is 0 Å². The van der Waals surface area contributed by atoms with Crippen molar-refractivity contribution in [2.75, 3.05) is 5.88 Å². The van der Waals surface area contributed by atoms with Crippen LogP contribution in [0.4, 0.5) is 0 Å². The molecule has 0 aromatic heterocycles. The van der Waals surface area contributed by atoms with Gasteiger partial charge in [0.2, 0.25) is 5.91 Å². The lowest BCUT2D eigenvalue weighted by atomic mass is 10.2. The van der Waals surface area contributed by atoms with E-state index in [1.165, 1.54) is 0 Å². The van der Waals surface area contributed by atoms with E-state index in [1.807, 2.05) is 18.2 Å². The number of carbonyl (C=O) groups excluding carboxylic acids is 1. The Kier molecular flexibility index (Phi) is 4.77. The molecule has 4 heteroatoms. The van der Waals surface area contributed by atoms with Crippen LogP contribution in [0.2, 0.25) is 5.02 Å². The van der Waals surface area contributed by atoms with Gasteiger partial charge in [-0.1, -0.05) is 23.7 Å². The molecule has 1 aromatic rings. The fourth-order valence-electron chi connectivity index (χ4n) is 1.02. The Morgan fingerprint density at radius 2 is 2.21 bits per heavy atom. The molecule has 0 aliphatic carbocycles. The number of halogens is 2. The molecule has 0 fully saturated rings. The fraction of sp³-hybridized carbons (Fsp3) is 0.300. The lowest BCUT2D eigenvalue weighted by Gasteiger charge is -2.04. The Hall–Kier alpha value is -0.730. The zero-order chi connectivity index (χ0) is 10.4. The minimum absolute atomic E-state index is 0.0417. The van der Waals surface area contributed by atoms with E-state index in [0.29, 0.717) is 23.9 Å². The van der Waals surface area contributed by atoms with E-state index >= 15 is 0 Å². The maximum absolute atomic E-state index is 11.1. The molecule has 0 saturated heterocycles. The molecule has 0 aliphatic heterocycles. The summed E-state index contributed by atoms with van der Waals surface area (Å²) in [5.74, 6) is 0.307. The zero-order valence-corrected chi connectivity index (χ0v) is 9.11. The van der Waals surface area contributed by atoms with Crippen molar-refractivity contribution in [3.63, 3.8) is 0 Å². The van der Waals surface area contributed by atoms with Crippen molar-refractivity contribution in [2.24, 2.45) is 0 Å². The largest absolute Gasteiger partial charge is 0.352 e. The first kappa shape index (κ1) is 11.3. The molecule has 0 heterocycles. The first-order chi connectivity index (χ1) is 6.72. The average molecular weight is 232 g/mol. The molecule has 76 valence electrons. The van der Waals surface area contributed by atoms with Crippen LogP contribution < -0.4 is 5.32 Å². The van der Waals surface area contributed by atoms with Crippen molar-refractivity contribution in [2.45, 2.75) is 13.0 Å². The average Bonchev–Trinajstić information content (AvgIpc) is 2.15. The summed E-state index contributed by atoms with van der Waals surface area (Å²) in [6.07, 6.45) is 0.349. The van der Waals surface area contributed by atoms with Gasteiger partial charge in [-0.25, -0.2) is 0 Å². The van der Waals surface area contributed by atoms with Crippen LogP contribution in [0.3, 0.4) is 0 Å². The van der Waals surface area contributed by atoms with Gasteiger partial charge in [-0.15, -0.1) is 11.6 Å². The molecule has 0 bridgehead atoms. The Morgan fingerprint density at radius 3 is 2.86 bits per heavy atom. The first-order valence-electron chi connectivity index (χ1n) is 4.29. The minimum atomic E-state index is -0.0417. The van der Waals surface area contributed by atoms with Gasteiger partial charge in [0.25, 0.3) is 0 Å². The summed E-state index contributed by atoms with van der Waals surface area (Å²) in [5, 5.41) is 3.42. The highest BCUT2D eigenvalue weighted by Crippen LogP contribution is 2.10. The molecular formula is C10H11Cl2NO. The van der Waals surface area contributed by atoms with Crippen LogP contribution in [-0.2, 0) is 11.3 Å². The van der Waals surface area contributed by atoms with E-state index in [1.54, 1.807) is 6.07 Å². The molecule has 2 nitrogen and oxygen atoms in total. The van der Waals surface area contributed by atoms with E-state index < -0.39 is 0 Å². The fourth-order valence-corrected chi connectivity index (χ4v) is 1.41. The molecule has 0 unspecified atom stereocenters. The molecule has 0 radical (unpaired) electrons. The van der Waals surface area contributed by atoms with Gasteiger partial charge >= 0.3 is 0 Å². The Morgan fingerprint density at radius 1 is 1.43 bits per heavy atom. The predicted molar refractivity (Wildman–Crippen MR) is 58.6 cm³/mol. The Bertz CT molecular complexity index is 315. The maximum atomic E-state index is 11.1. The predicted octanol–water partition coefficient (Wildman–Crippen LogP) is 2.59. The molecule has 1 aromatic carbocycles. The van der Waals surface area contributed by atoms with Crippen molar-refractivity contribution in [3.05, 3.63) is 34.9 Å². The van der Waals surface area contributed by atoms with Gasteiger partial charge < -0.3 is 5.32 Å². The normalized spacial score (nSPS) is 9.86. The zero-order valence-electron chi connectivity index (χ0n) is 7.59. The smallest absolute Gasteiger partial charge is 0.221 e. The number of nitrogens with one attached hydrogen (secondary N) is 1. The molecule has 1 rings (SSSR count). The summed E-state index contributed by atoms with van der Waals surface area (Å²) >= 11 is 11.2. The Balaban J connectivity index is 2.41. The maximum Gasteiger partial charge on any atom is 0.221 e. The third-order valence-corrected chi connectivity index (χ3v) is 2.12. The number of carbonyl (C=O) groups is 1. The summed E-state index contributed by atoms with van der Waals surface area (Å²) in [6, 6.07) is 7.38. The molecule has 0 saturated carbocycles. The Labute approximate surface area is 93.2 Å². The summed E-state index contributed by atoms with van der Waals surface area (Å²) in [5.41, 5.74) is 0.987. The van der Waals surface area contributed by atoms with E-state index in [2.05, 4.69) is 5.32 Å². The van der Waals surface area contributed by atoms with Crippen LogP contribution in [0, 0.1) is 0 Å². The van der Waals surface area contributed by atoms with Gasteiger partial charge in [0.05, 0.1) is 0 Å². The molecule has 0 atom stereocenters. The van der Waals surface area contributed by atoms with E-state index in [9.17, 15) is 4.79 Å². The van der Waals surface area contributed by atoms with E-state index in [4.69, 9.17) is 23.2 Å². The van der Waals surface area contributed by atoms with Crippen LogP contribution in [0.1, 0.15) is 12.0 Å². The highest BCUT2D eigenvalue weighted by atomic mass is 35.5. The van der Waals surface area contributed by atoms with Gasteiger partial charge in [0.1, 0.15) is 0 Å². The van der Waals surface area contributed by atoms with Crippen molar-refractivity contribution >= 4 is 29.1 Å². The topological polar surface area (TPSA) is 29.1 Å². The number of benzene rings is 1. The highest BCUT2D eigenvalue weighted by Gasteiger charge is 1.99. The highest BCUT2D eigenvalue weighted by molar-refractivity contribution is 6.30. The molecule has 14 heavy (non-hydrogen) atoms. The van der Waals surface area contributed by atoms with Crippen molar-refractivity contribution in [1.29, 1.82) is 0 Å². The molecule has 0 aliphatic rings. The van der Waals surface area contributed by atoms with Crippen LogP contribution in [0.5, 0.6) is 0 Å². The van der Waals surface area contributed by atoms with E-state index in [0.717, 1.165) is 5.56 Å². The first-order valence-corrected chi connectivity index (χ1v) is 5.20. The number of alkyl halides is 1. The number of amides is 1. The third kappa shape index (κ3) is 3.99. The summed E-state index contributed by atoms with van der Waals surface area (Å²) in [4.78, 5) is 11.1. The van der Waals surface area contributed by atoms with Crippen LogP contribution in [0.25, 0.3) is 0 Å². The van der Waals surface area contributed by atoms with Gasteiger partial charge in [0, 0.05) is 23.9 Å². The molecule has 1 amide bonds. The van der Waals surface area contributed by atoms with Crippen LogP contribution in [-0.4, -0.2) is 11.8 Å². The number of hydrogen-bond donors (Lipinski definition) is 1. The third-order valence-electron chi connectivity index (χ3n) is 1.70. The standard InChI is InChI=1S/C10H11Cl2NO/c11-5-4-10(14)13-7-8-2-1-3-9(12)6-8/h1-3,6H,4-5,7H2,(H,13,14). The second-order valence-electron chi connectivity index (χ2n) is 2.85. The summed E-state index contributed by atoms with van der Waals surface area (Å²) < 4.78 is 0. The second kappa shape index (κ2) is 5.89. The van der Waals surface area contributed by atoms with Crippen molar-refractivity contribution in [1.82, 2.24) is 5.32 Å². The number of hydrogen-bond acceptors (Lipinski definition) is 1. The van der Waals surface area contributed by atoms with Gasteiger partial charge in [0.15, 0.2) is 0 Å².